The number of rotatable bonds is 5. The van der Waals surface area contributed by atoms with Crippen LogP contribution in [0.2, 0.25) is 0 Å². The van der Waals surface area contributed by atoms with Crippen molar-refractivity contribution in [2.75, 3.05) is 0 Å². The number of carbonyl (C=O) groups is 1. The average molecular weight is 232 g/mol. The van der Waals surface area contributed by atoms with Crippen molar-refractivity contribution in [3.63, 3.8) is 0 Å². The Morgan fingerprint density at radius 2 is 2.00 bits per heavy atom. The van der Waals surface area contributed by atoms with Crippen LogP contribution in [0, 0.1) is 0 Å². The first kappa shape index (κ1) is 13.5. The standard InChI is InChI=1S/C15H20O2/c1-4-12-7-8-13(5-2)14(10-12)11(3)6-9-15(16)17/h6-8,10H,4-5,9H2,1-3H3,(H,16,17)/b11-6+. The summed E-state index contributed by atoms with van der Waals surface area (Å²) >= 11 is 0. The fraction of sp³-hybridized carbons (Fsp3) is 0.400. The lowest BCUT2D eigenvalue weighted by molar-refractivity contribution is -0.135. The number of aliphatic carboxylic acids is 1. The zero-order valence-electron chi connectivity index (χ0n) is 10.8. The SMILES string of the molecule is CCc1ccc(CC)c(/C(C)=C/CC(=O)O)c1. The summed E-state index contributed by atoms with van der Waals surface area (Å²) in [7, 11) is 0. The van der Waals surface area contributed by atoms with E-state index in [2.05, 4.69) is 32.0 Å². The molecule has 0 bridgehead atoms. The summed E-state index contributed by atoms with van der Waals surface area (Å²) in [6.07, 6.45) is 3.85. The summed E-state index contributed by atoms with van der Waals surface area (Å²) in [4.78, 5) is 10.6. The molecule has 1 aromatic carbocycles. The van der Waals surface area contributed by atoms with Gasteiger partial charge in [-0.25, -0.2) is 0 Å². The minimum Gasteiger partial charge on any atom is -0.481 e. The topological polar surface area (TPSA) is 37.3 Å². The highest BCUT2D eigenvalue weighted by molar-refractivity contribution is 5.74. The summed E-state index contributed by atoms with van der Waals surface area (Å²) in [5, 5.41) is 8.69. The fourth-order valence-electron chi connectivity index (χ4n) is 1.87. The van der Waals surface area contributed by atoms with Gasteiger partial charge in [0.15, 0.2) is 0 Å². The summed E-state index contributed by atoms with van der Waals surface area (Å²) < 4.78 is 0. The van der Waals surface area contributed by atoms with Crippen molar-refractivity contribution in [2.45, 2.75) is 40.0 Å². The molecule has 1 rings (SSSR count). The molecule has 92 valence electrons. The lowest BCUT2D eigenvalue weighted by Crippen LogP contribution is -1.95. The minimum absolute atomic E-state index is 0.0886. The fourth-order valence-corrected chi connectivity index (χ4v) is 1.87. The van der Waals surface area contributed by atoms with Crippen LogP contribution in [0.5, 0.6) is 0 Å². The second-order valence-corrected chi connectivity index (χ2v) is 4.18. The number of hydrogen-bond donors (Lipinski definition) is 1. The van der Waals surface area contributed by atoms with Gasteiger partial charge < -0.3 is 5.11 Å². The molecule has 2 nitrogen and oxygen atoms in total. The highest BCUT2D eigenvalue weighted by atomic mass is 16.4. The Bertz CT molecular complexity index is 431. The number of hydrogen-bond acceptors (Lipinski definition) is 1. The molecule has 0 atom stereocenters. The van der Waals surface area contributed by atoms with Crippen LogP contribution in [0.4, 0.5) is 0 Å². The maximum atomic E-state index is 10.6. The van der Waals surface area contributed by atoms with Gasteiger partial charge in [-0.3, -0.25) is 4.79 Å². The maximum Gasteiger partial charge on any atom is 0.307 e. The molecule has 0 aromatic heterocycles. The first-order valence-electron chi connectivity index (χ1n) is 6.09. The first-order chi connectivity index (χ1) is 8.08. The molecule has 0 aliphatic rings. The molecule has 0 radical (unpaired) electrons. The molecule has 0 aliphatic heterocycles. The van der Waals surface area contributed by atoms with Crippen molar-refractivity contribution in [2.24, 2.45) is 0 Å². The Hall–Kier alpha value is -1.57. The molecule has 0 heterocycles. The van der Waals surface area contributed by atoms with Gasteiger partial charge in [0.2, 0.25) is 0 Å². The van der Waals surface area contributed by atoms with Crippen LogP contribution in [0.15, 0.2) is 24.3 Å². The molecule has 1 N–H and O–H groups in total. The number of benzene rings is 1. The number of aryl methyl sites for hydroxylation is 2. The van der Waals surface area contributed by atoms with E-state index >= 15 is 0 Å². The van der Waals surface area contributed by atoms with Gasteiger partial charge in [0, 0.05) is 0 Å². The van der Waals surface area contributed by atoms with E-state index in [4.69, 9.17) is 5.11 Å². The van der Waals surface area contributed by atoms with E-state index in [0.29, 0.717) is 0 Å². The average Bonchev–Trinajstić information content (AvgIpc) is 2.34. The second-order valence-electron chi connectivity index (χ2n) is 4.18. The van der Waals surface area contributed by atoms with Crippen LogP contribution in [0.25, 0.3) is 5.57 Å². The third kappa shape index (κ3) is 3.74. The van der Waals surface area contributed by atoms with Gasteiger partial charge in [0.25, 0.3) is 0 Å². The molecule has 0 saturated carbocycles. The van der Waals surface area contributed by atoms with Gasteiger partial charge >= 0.3 is 5.97 Å². The van der Waals surface area contributed by atoms with E-state index in [0.717, 1.165) is 18.4 Å². The lowest BCUT2D eigenvalue weighted by atomic mass is 9.95. The molecule has 0 unspecified atom stereocenters. The molecule has 0 fully saturated rings. The van der Waals surface area contributed by atoms with Crippen molar-refractivity contribution in [3.8, 4) is 0 Å². The van der Waals surface area contributed by atoms with Crippen LogP contribution in [-0.2, 0) is 17.6 Å². The zero-order valence-corrected chi connectivity index (χ0v) is 10.8. The van der Waals surface area contributed by atoms with Crippen molar-refractivity contribution >= 4 is 11.5 Å². The highest BCUT2D eigenvalue weighted by Crippen LogP contribution is 2.22. The smallest absolute Gasteiger partial charge is 0.307 e. The molecule has 1 aromatic rings. The van der Waals surface area contributed by atoms with Crippen LogP contribution in [-0.4, -0.2) is 11.1 Å². The van der Waals surface area contributed by atoms with Crippen molar-refractivity contribution in [1.82, 2.24) is 0 Å². The molecular weight excluding hydrogens is 212 g/mol. The van der Waals surface area contributed by atoms with Gasteiger partial charge in [0.05, 0.1) is 6.42 Å². The zero-order chi connectivity index (χ0) is 12.8. The van der Waals surface area contributed by atoms with Gasteiger partial charge in [-0.15, -0.1) is 0 Å². The van der Waals surface area contributed by atoms with E-state index < -0.39 is 5.97 Å². The molecule has 17 heavy (non-hydrogen) atoms. The maximum absolute atomic E-state index is 10.6. The van der Waals surface area contributed by atoms with Gasteiger partial charge in [-0.2, -0.15) is 0 Å². The first-order valence-corrected chi connectivity index (χ1v) is 6.09. The highest BCUT2D eigenvalue weighted by Gasteiger charge is 2.04. The summed E-state index contributed by atoms with van der Waals surface area (Å²) in [6.45, 7) is 6.23. The third-order valence-electron chi connectivity index (χ3n) is 2.97. The lowest BCUT2D eigenvalue weighted by Gasteiger charge is -2.10. The Labute approximate surface area is 103 Å². The molecular formula is C15H20O2. The van der Waals surface area contributed by atoms with E-state index in [9.17, 15) is 4.79 Å². The van der Waals surface area contributed by atoms with E-state index in [-0.39, 0.29) is 6.42 Å². The van der Waals surface area contributed by atoms with Gasteiger partial charge in [-0.1, -0.05) is 38.1 Å². The van der Waals surface area contributed by atoms with E-state index in [1.54, 1.807) is 6.08 Å². The molecule has 0 amide bonds. The van der Waals surface area contributed by atoms with Crippen molar-refractivity contribution in [1.29, 1.82) is 0 Å². The molecule has 0 saturated heterocycles. The monoisotopic (exact) mass is 232 g/mol. The minimum atomic E-state index is -0.783. The van der Waals surface area contributed by atoms with Crippen LogP contribution >= 0.6 is 0 Å². The van der Waals surface area contributed by atoms with Gasteiger partial charge in [0.1, 0.15) is 0 Å². The largest absolute Gasteiger partial charge is 0.481 e. The second kappa shape index (κ2) is 6.24. The van der Waals surface area contributed by atoms with Crippen molar-refractivity contribution < 1.29 is 9.90 Å². The number of carboxylic acids is 1. The predicted molar refractivity (Wildman–Crippen MR) is 71.1 cm³/mol. The Kier molecular flexibility index (Phi) is 4.95. The molecule has 0 spiro atoms. The summed E-state index contributed by atoms with van der Waals surface area (Å²) in [5.41, 5.74) is 4.81. The van der Waals surface area contributed by atoms with Crippen LogP contribution < -0.4 is 0 Å². The normalized spacial score (nSPS) is 11.6. The summed E-state index contributed by atoms with van der Waals surface area (Å²) in [6, 6.07) is 6.46. The molecule has 2 heteroatoms. The Balaban J connectivity index is 3.08. The Morgan fingerprint density at radius 3 is 2.53 bits per heavy atom. The number of carboxylic acid groups (broad SMARTS) is 1. The Morgan fingerprint density at radius 1 is 1.29 bits per heavy atom. The molecule has 0 aliphatic carbocycles. The van der Waals surface area contributed by atoms with Gasteiger partial charge in [-0.05, 0) is 42.0 Å². The summed E-state index contributed by atoms with van der Waals surface area (Å²) in [5.74, 6) is -0.783. The third-order valence-corrected chi connectivity index (χ3v) is 2.97. The number of allylic oxidation sites excluding steroid dienone is 1. The predicted octanol–water partition coefficient (Wildman–Crippen LogP) is 3.69. The van der Waals surface area contributed by atoms with E-state index in [1.165, 1.54) is 16.7 Å². The van der Waals surface area contributed by atoms with Crippen LogP contribution in [0.1, 0.15) is 43.9 Å². The van der Waals surface area contributed by atoms with E-state index in [1.807, 2.05) is 6.92 Å². The van der Waals surface area contributed by atoms with Crippen LogP contribution in [0.3, 0.4) is 0 Å². The van der Waals surface area contributed by atoms with Crippen molar-refractivity contribution in [3.05, 3.63) is 41.0 Å². The quantitative estimate of drug-likeness (QED) is 0.840.